The second-order valence-electron chi connectivity index (χ2n) is 5.72. The van der Waals surface area contributed by atoms with Crippen molar-refractivity contribution in [2.45, 2.75) is 31.8 Å². The molecule has 2 aliphatic rings. The minimum absolute atomic E-state index is 0.132. The highest BCUT2D eigenvalue weighted by Crippen LogP contribution is 2.32. The van der Waals surface area contributed by atoms with Gasteiger partial charge in [-0.05, 0) is 31.4 Å². The molecule has 3 rings (SSSR count). The number of nitrogens with two attached hydrogens (primary N) is 1. The molecule has 1 saturated carbocycles. The lowest BCUT2D eigenvalue weighted by atomic mass is 10.0. The maximum absolute atomic E-state index is 14.2. The maximum Gasteiger partial charge on any atom is 0.146 e. The van der Waals surface area contributed by atoms with Gasteiger partial charge >= 0.3 is 0 Å². The minimum atomic E-state index is -0.144. The summed E-state index contributed by atoms with van der Waals surface area (Å²) < 4.78 is 14.2. The Bertz CT molecular complexity index is 449. The number of piperazine rings is 1. The van der Waals surface area contributed by atoms with E-state index < -0.39 is 0 Å². The molecule has 19 heavy (non-hydrogen) atoms. The standard InChI is InChI=1S/C15H22FN3/c1-11(17)13-3-2-4-14(16)15(13)19-9-7-18(8-10-19)12-5-6-12/h2-4,11-12H,5-10,17H2,1H3/t11-/m1/s1. The second kappa shape index (κ2) is 5.10. The molecule has 2 fully saturated rings. The van der Waals surface area contributed by atoms with E-state index in [1.54, 1.807) is 6.07 Å². The summed E-state index contributed by atoms with van der Waals surface area (Å²) in [6.07, 6.45) is 2.68. The van der Waals surface area contributed by atoms with Gasteiger partial charge in [-0.1, -0.05) is 12.1 Å². The summed E-state index contributed by atoms with van der Waals surface area (Å²) in [5.74, 6) is -0.144. The Morgan fingerprint density at radius 3 is 2.47 bits per heavy atom. The number of benzene rings is 1. The third kappa shape index (κ3) is 2.60. The fourth-order valence-electron chi connectivity index (χ4n) is 2.98. The van der Waals surface area contributed by atoms with Crippen molar-refractivity contribution in [3.05, 3.63) is 29.6 Å². The van der Waals surface area contributed by atoms with Crippen LogP contribution in [0, 0.1) is 5.82 Å². The van der Waals surface area contributed by atoms with Crippen LogP contribution in [-0.4, -0.2) is 37.1 Å². The highest BCUT2D eigenvalue weighted by Gasteiger charge is 2.32. The van der Waals surface area contributed by atoms with E-state index in [9.17, 15) is 4.39 Å². The first-order chi connectivity index (χ1) is 9.16. The molecule has 0 unspecified atom stereocenters. The predicted molar refractivity (Wildman–Crippen MR) is 75.8 cm³/mol. The van der Waals surface area contributed by atoms with Gasteiger partial charge in [0.05, 0.1) is 5.69 Å². The van der Waals surface area contributed by atoms with E-state index in [2.05, 4.69) is 9.80 Å². The Kier molecular flexibility index (Phi) is 3.46. The summed E-state index contributed by atoms with van der Waals surface area (Å²) in [5, 5.41) is 0. The molecule has 1 saturated heterocycles. The fourth-order valence-corrected chi connectivity index (χ4v) is 2.98. The van der Waals surface area contributed by atoms with E-state index in [-0.39, 0.29) is 11.9 Å². The Labute approximate surface area is 114 Å². The zero-order valence-corrected chi connectivity index (χ0v) is 11.5. The van der Waals surface area contributed by atoms with Crippen molar-refractivity contribution in [2.75, 3.05) is 31.1 Å². The van der Waals surface area contributed by atoms with Crippen LogP contribution in [0.1, 0.15) is 31.4 Å². The number of nitrogens with zero attached hydrogens (tertiary/aromatic N) is 2. The molecule has 2 N–H and O–H groups in total. The largest absolute Gasteiger partial charge is 0.366 e. The first kappa shape index (κ1) is 12.9. The molecule has 4 heteroatoms. The van der Waals surface area contributed by atoms with Crippen LogP contribution < -0.4 is 10.6 Å². The van der Waals surface area contributed by atoms with Gasteiger partial charge in [-0.2, -0.15) is 0 Å². The molecule has 0 bridgehead atoms. The molecule has 1 aliphatic carbocycles. The summed E-state index contributed by atoms with van der Waals surface area (Å²) in [6, 6.07) is 5.89. The van der Waals surface area contributed by atoms with E-state index in [0.29, 0.717) is 5.69 Å². The van der Waals surface area contributed by atoms with Gasteiger partial charge in [0.1, 0.15) is 5.82 Å². The molecular weight excluding hydrogens is 241 g/mol. The molecule has 1 atom stereocenters. The zero-order chi connectivity index (χ0) is 13.4. The van der Waals surface area contributed by atoms with Crippen LogP contribution in [0.2, 0.25) is 0 Å². The molecule has 1 heterocycles. The Hall–Kier alpha value is -1.13. The lowest BCUT2D eigenvalue weighted by Crippen LogP contribution is -2.47. The molecule has 0 amide bonds. The second-order valence-corrected chi connectivity index (χ2v) is 5.72. The van der Waals surface area contributed by atoms with Gasteiger partial charge in [0.2, 0.25) is 0 Å². The number of para-hydroxylation sites is 1. The number of hydrogen-bond acceptors (Lipinski definition) is 3. The van der Waals surface area contributed by atoms with Gasteiger partial charge < -0.3 is 10.6 Å². The summed E-state index contributed by atoms with van der Waals surface area (Å²) in [6.45, 7) is 5.79. The Morgan fingerprint density at radius 2 is 1.89 bits per heavy atom. The third-order valence-corrected chi connectivity index (χ3v) is 4.20. The smallest absolute Gasteiger partial charge is 0.146 e. The molecule has 0 aromatic heterocycles. The summed E-state index contributed by atoms with van der Waals surface area (Å²) in [4.78, 5) is 4.69. The van der Waals surface area contributed by atoms with Crippen LogP contribution in [0.5, 0.6) is 0 Å². The van der Waals surface area contributed by atoms with Crippen LogP contribution in [0.15, 0.2) is 18.2 Å². The molecule has 1 aromatic rings. The average molecular weight is 263 g/mol. The van der Waals surface area contributed by atoms with Gasteiger partial charge in [-0.3, -0.25) is 4.90 Å². The lowest BCUT2D eigenvalue weighted by molar-refractivity contribution is 0.247. The van der Waals surface area contributed by atoms with Gasteiger partial charge in [0.25, 0.3) is 0 Å². The quantitative estimate of drug-likeness (QED) is 0.906. The van der Waals surface area contributed by atoms with Crippen molar-refractivity contribution >= 4 is 5.69 Å². The highest BCUT2D eigenvalue weighted by molar-refractivity contribution is 5.56. The number of anilines is 1. The summed E-state index contributed by atoms with van der Waals surface area (Å²) in [5.41, 5.74) is 7.60. The van der Waals surface area contributed by atoms with Crippen molar-refractivity contribution in [1.82, 2.24) is 4.90 Å². The van der Waals surface area contributed by atoms with E-state index in [4.69, 9.17) is 5.73 Å². The molecule has 0 spiro atoms. The highest BCUT2D eigenvalue weighted by atomic mass is 19.1. The topological polar surface area (TPSA) is 32.5 Å². The number of rotatable bonds is 3. The number of halogens is 1. The fraction of sp³-hybridized carbons (Fsp3) is 0.600. The van der Waals surface area contributed by atoms with Crippen molar-refractivity contribution < 1.29 is 4.39 Å². The Morgan fingerprint density at radius 1 is 1.21 bits per heavy atom. The van der Waals surface area contributed by atoms with Crippen molar-refractivity contribution in [3.63, 3.8) is 0 Å². The van der Waals surface area contributed by atoms with Crippen molar-refractivity contribution in [1.29, 1.82) is 0 Å². The maximum atomic E-state index is 14.2. The molecule has 1 aliphatic heterocycles. The first-order valence-electron chi connectivity index (χ1n) is 7.20. The van der Waals surface area contributed by atoms with Crippen LogP contribution in [-0.2, 0) is 0 Å². The van der Waals surface area contributed by atoms with Crippen LogP contribution in [0.3, 0.4) is 0 Å². The Balaban J connectivity index is 1.78. The average Bonchev–Trinajstić information content (AvgIpc) is 3.23. The molecular formula is C15H22FN3. The van der Waals surface area contributed by atoms with Gasteiger partial charge in [-0.25, -0.2) is 4.39 Å². The van der Waals surface area contributed by atoms with Crippen LogP contribution in [0.4, 0.5) is 10.1 Å². The SMILES string of the molecule is C[C@@H](N)c1cccc(F)c1N1CCN(C2CC2)CC1. The minimum Gasteiger partial charge on any atom is -0.366 e. The van der Waals surface area contributed by atoms with E-state index in [0.717, 1.165) is 37.8 Å². The lowest BCUT2D eigenvalue weighted by Gasteiger charge is -2.37. The van der Waals surface area contributed by atoms with Crippen molar-refractivity contribution in [2.24, 2.45) is 5.73 Å². The molecule has 3 nitrogen and oxygen atoms in total. The third-order valence-electron chi connectivity index (χ3n) is 4.20. The van der Waals surface area contributed by atoms with E-state index >= 15 is 0 Å². The summed E-state index contributed by atoms with van der Waals surface area (Å²) in [7, 11) is 0. The molecule has 1 aromatic carbocycles. The van der Waals surface area contributed by atoms with Crippen LogP contribution >= 0.6 is 0 Å². The van der Waals surface area contributed by atoms with E-state index in [1.165, 1.54) is 18.9 Å². The van der Waals surface area contributed by atoms with Crippen molar-refractivity contribution in [3.8, 4) is 0 Å². The van der Waals surface area contributed by atoms with E-state index in [1.807, 2.05) is 13.0 Å². The zero-order valence-electron chi connectivity index (χ0n) is 11.5. The summed E-state index contributed by atoms with van der Waals surface area (Å²) >= 11 is 0. The monoisotopic (exact) mass is 263 g/mol. The van der Waals surface area contributed by atoms with Gasteiger partial charge in [0.15, 0.2) is 0 Å². The molecule has 0 radical (unpaired) electrons. The molecule has 104 valence electrons. The first-order valence-corrected chi connectivity index (χ1v) is 7.20. The van der Waals surface area contributed by atoms with Crippen LogP contribution in [0.25, 0.3) is 0 Å². The van der Waals surface area contributed by atoms with Gasteiger partial charge in [-0.15, -0.1) is 0 Å². The number of hydrogen-bond donors (Lipinski definition) is 1. The van der Waals surface area contributed by atoms with Gasteiger partial charge in [0, 0.05) is 38.3 Å². The predicted octanol–water partition coefficient (Wildman–Crippen LogP) is 2.13. The normalized spacial score (nSPS) is 22.6.